The number of hydrogen-bond acceptors (Lipinski definition) is 4. The van der Waals surface area contributed by atoms with Crippen LogP contribution in [0.4, 0.5) is 10.5 Å². The van der Waals surface area contributed by atoms with E-state index in [1.165, 1.54) is 12.1 Å². The van der Waals surface area contributed by atoms with Crippen LogP contribution in [0.3, 0.4) is 0 Å². The summed E-state index contributed by atoms with van der Waals surface area (Å²) in [5.41, 5.74) is 0.0160. The number of ether oxygens (including phenoxy) is 1. The molecule has 0 saturated carbocycles. The van der Waals surface area contributed by atoms with Crippen molar-refractivity contribution in [2.24, 2.45) is 0 Å². The first-order chi connectivity index (χ1) is 9.59. The average molecular weight is 282 g/mol. The van der Waals surface area contributed by atoms with Crippen molar-refractivity contribution in [3.63, 3.8) is 0 Å². The lowest BCUT2D eigenvalue weighted by Crippen LogP contribution is -2.21. The third-order valence-corrected chi connectivity index (χ3v) is 2.64. The van der Waals surface area contributed by atoms with Crippen LogP contribution in [0, 0.1) is 10.1 Å². The maximum absolute atomic E-state index is 10.6. The number of benzene rings is 1. The van der Waals surface area contributed by atoms with Crippen LogP contribution in [0.1, 0.15) is 25.7 Å². The van der Waals surface area contributed by atoms with Gasteiger partial charge in [0.2, 0.25) is 0 Å². The average Bonchev–Trinajstić information content (AvgIpc) is 2.41. The summed E-state index contributed by atoms with van der Waals surface area (Å²) in [4.78, 5) is 20.3. The molecule has 0 aliphatic carbocycles. The topological polar surface area (TPSA) is 102 Å². The first kappa shape index (κ1) is 15.7. The summed E-state index contributed by atoms with van der Waals surface area (Å²) in [6.07, 6.45) is 2.47. The predicted octanol–water partition coefficient (Wildman–Crippen LogP) is 2.80. The molecule has 7 heteroatoms. The highest BCUT2D eigenvalue weighted by Gasteiger charge is 2.05. The van der Waals surface area contributed by atoms with Crippen LogP contribution < -0.4 is 10.1 Å². The van der Waals surface area contributed by atoms with Crippen LogP contribution in [0.15, 0.2) is 24.3 Å². The van der Waals surface area contributed by atoms with Crippen LogP contribution in [-0.4, -0.2) is 29.3 Å². The van der Waals surface area contributed by atoms with E-state index in [1.54, 1.807) is 12.1 Å². The highest BCUT2D eigenvalue weighted by atomic mass is 16.6. The standard InChI is InChI=1S/C13H18N2O5/c16-13(17)14-8-3-1-2-4-9-20-12-7-5-6-11(10-12)15(18)19/h5-7,10,14H,1-4,8-9H2,(H,16,17). The monoisotopic (exact) mass is 282 g/mol. The van der Waals surface area contributed by atoms with Gasteiger partial charge in [-0.15, -0.1) is 0 Å². The number of carbonyl (C=O) groups is 1. The van der Waals surface area contributed by atoms with Crippen molar-refractivity contribution in [2.75, 3.05) is 13.2 Å². The fourth-order valence-corrected chi connectivity index (χ4v) is 1.65. The van der Waals surface area contributed by atoms with Gasteiger partial charge in [-0.1, -0.05) is 18.9 Å². The number of unbranched alkanes of at least 4 members (excludes halogenated alkanes) is 3. The first-order valence-corrected chi connectivity index (χ1v) is 6.43. The van der Waals surface area contributed by atoms with Gasteiger partial charge in [-0.3, -0.25) is 10.1 Å². The van der Waals surface area contributed by atoms with Crippen molar-refractivity contribution in [3.8, 4) is 5.75 Å². The van der Waals surface area contributed by atoms with Crippen molar-refractivity contribution < 1.29 is 19.6 Å². The van der Waals surface area contributed by atoms with Gasteiger partial charge >= 0.3 is 6.09 Å². The molecular formula is C13H18N2O5. The fraction of sp³-hybridized carbons (Fsp3) is 0.462. The Morgan fingerprint density at radius 1 is 1.30 bits per heavy atom. The highest BCUT2D eigenvalue weighted by molar-refractivity contribution is 5.64. The van der Waals surface area contributed by atoms with Crippen LogP contribution in [0.2, 0.25) is 0 Å². The number of non-ortho nitro benzene ring substituents is 1. The summed E-state index contributed by atoms with van der Waals surface area (Å²) in [5.74, 6) is 0.492. The second kappa shape index (κ2) is 8.73. The molecule has 0 spiro atoms. The SMILES string of the molecule is O=C(O)NCCCCCCOc1cccc([N+](=O)[O-])c1. The van der Waals surface area contributed by atoms with Gasteiger partial charge in [0.25, 0.3) is 5.69 Å². The Morgan fingerprint density at radius 3 is 2.75 bits per heavy atom. The maximum atomic E-state index is 10.6. The van der Waals surface area contributed by atoms with Gasteiger partial charge in [-0.05, 0) is 18.9 Å². The molecule has 0 bridgehead atoms. The Hall–Kier alpha value is -2.31. The fourth-order valence-electron chi connectivity index (χ4n) is 1.65. The zero-order valence-corrected chi connectivity index (χ0v) is 11.1. The van der Waals surface area contributed by atoms with Crippen LogP contribution in [0.5, 0.6) is 5.75 Å². The Morgan fingerprint density at radius 2 is 2.05 bits per heavy atom. The van der Waals surface area contributed by atoms with Gasteiger partial charge in [0.05, 0.1) is 17.6 Å². The Bertz CT molecular complexity index is 450. The number of hydrogen-bond donors (Lipinski definition) is 2. The molecule has 0 fully saturated rings. The number of nitrogens with zero attached hydrogens (tertiary/aromatic N) is 1. The van der Waals surface area contributed by atoms with Crippen LogP contribution in [0.25, 0.3) is 0 Å². The van der Waals surface area contributed by atoms with E-state index in [1.807, 2.05) is 0 Å². The minimum atomic E-state index is -1.00. The second-order valence-corrected chi connectivity index (χ2v) is 4.25. The van der Waals surface area contributed by atoms with E-state index in [4.69, 9.17) is 9.84 Å². The van der Waals surface area contributed by atoms with Gasteiger partial charge in [0, 0.05) is 12.6 Å². The zero-order valence-electron chi connectivity index (χ0n) is 11.1. The Labute approximate surface area is 116 Å². The van der Waals surface area contributed by atoms with Crippen LogP contribution >= 0.6 is 0 Å². The van der Waals surface area contributed by atoms with E-state index < -0.39 is 11.0 Å². The lowest BCUT2D eigenvalue weighted by atomic mass is 10.2. The van der Waals surface area contributed by atoms with Crippen molar-refractivity contribution in [1.29, 1.82) is 0 Å². The first-order valence-electron chi connectivity index (χ1n) is 6.43. The lowest BCUT2D eigenvalue weighted by Gasteiger charge is -2.06. The van der Waals surface area contributed by atoms with Crippen molar-refractivity contribution in [2.45, 2.75) is 25.7 Å². The molecule has 110 valence electrons. The predicted molar refractivity (Wildman–Crippen MR) is 73.1 cm³/mol. The number of carboxylic acid groups (broad SMARTS) is 1. The third-order valence-electron chi connectivity index (χ3n) is 2.64. The smallest absolute Gasteiger partial charge is 0.404 e. The summed E-state index contributed by atoms with van der Waals surface area (Å²) in [5, 5.41) is 21.2. The van der Waals surface area contributed by atoms with E-state index in [2.05, 4.69) is 5.32 Å². The molecule has 0 aromatic heterocycles. The molecule has 0 unspecified atom stereocenters. The summed E-state index contributed by atoms with van der Waals surface area (Å²) < 4.78 is 5.43. The van der Waals surface area contributed by atoms with Crippen molar-refractivity contribution in [1.82, 2.24) is 5.32 Å². The summed E-state index contributed by atoms with van der Waals surface area (Å²) in [6.45, 7) is 0.953. The zero-order chi connectivity index (χ0) is 14.8. The molecule has 1 rings (SSSR count). The molecule has 20 heavy (non-hydrogen) atoms. The van der Waals surface area contributed by atoms with E-state index in [-0.39, 0.29) is 5.69 Å². The van der Waals surface area contributed by atoms with E-state index >= 15 is 0 Å². The molecule has 0 radical (unpaired) electrons. The summed E-state index contributed by atoms with van der Waals surface area (Å²) in [7, 11) is 0. The molecule has 0 aliphatic rings. The minimum Gasteiger partial charge on any atom is -0.493 e. The van der Waals surface area contributed by atoms with E-state index in [9.17, 15) is 14.9 Å². The van der Waals surface area contributed by atoms with Gasteiger partial charge in [-0.25, -0.2) is 4.79 Å². The molecule has 0 saturated heterocycles. The molecule has 7 nitrogen and oxygen atoms in total. The highest BCUT2D eigenvalue weighted by Crippen LogP contribution is 2.19. The largest absolute Gasteiger partial charge is 0.493 e. The Kier molecular flexibility index (Phi) is 6.88. The summed E-state index contributed by atoms with van der Waals surface area (Å²) >= 11 is 0. The Balaban J connectivity index is 2.11. The second-order valence-electron chi connectivity index (χ2n) is 4.25. The quantitative estimate of drug-likeness (QED) is 0.412. The molecule has 0 atom stereocenters. The number of nitro benzene ring substituents is 1. The third kappa shape index (κ3) is 6.58. The molecule has 2 N–H and O–H groups in total. The van der Waals surface area contributed by atoms with Gasteiger partial charge < -0.3 is 15.2 Å². The normalized spacial score (nSPS) is 10.0. The summed E-state index contributed by atoms with van der Waals surface area (Å²) in [6, 6.07) is 6.09. The van der Waals surface area contributed by atoms with Gasteiger partial charge in [-0.2, -0.15) is 0 Å². The molecule has 0 aliphatic heterocycles. The van der Waals surface area contributed by atoms with Gasteiger partial charge in [0.1, 0.15) is 5.75 Å². The molecule has 1 aromatic carbocycles. The number of nitro groups is 1. The van der Waals surface area contributed by atoms with Crippen LogP contribution in [-0.2, 0) is 0 Å². The molecule has 1 aromatic rings. The van der Waals surface area contributed by atoms with E-state index in [0.29, 0.717) is 18.9 Å². The molecule has 1 amide bonds. The molecule has 0 heterocycles. The van der Waals surface area contributed by atoms with Crippen molar-refractivity contribution in [3.05, 3.63) is 34.4 Å². The number of nitrogens with one attached hydrogen (secondary N) is 1. The maximum Gasteiger partial charge on any atom is 0.404 e. The van der Waals surface area contributed by atoms with Gasteiger partial charge in [0.15, 0.2) is 0 Å². The van der Waals surface area contributed by atoms with Crippen molar-refractivity contribution >= 4 is 11.8 Å². The number of rotatable bonds is 9. The minimum absolute atomic E-state index is 0.0160. The number of amides is 1. The van der Waals surface area contributed by atoms with E-state index in [0.717, 1.165) is 25.7 Å². The lowest BCUT2D eigenvalue weighted by molar-refractivity contribution is -0.384. The molecular weight excluding hydrogens is 264 g/mol.